The van der Waals surface area contributed by atoms with Gasteiger partial charge in [0.05, 0.1) is 6.26 Å². The van der Waals surface area contributed by atoms with Crippen LogP contribution in [0.2, 0.25) is 0 Å². The van der Waals surface area contributed by atoms with Crippen LogP contribution in [0.15, 0.2) is 52.1 Å². The van der Waals surface area contributed by atoms with Gasteiger partial charge in [-0.3, -0.25) is 0 Å². The molecule has 0 atom stereocenters. The second kappa shape index (κ2) is 8.50. The predicted octanol–water partition coefficient (Wildman–Crippen LogP) is 3.82. The van der Waals surface area contributed by atoms with Gasteiger partial charge in [0.25, 0.3) is 0 Å². The van der Waals surface area contributed by atoms with Crippen LogP contribution in [0.1, 0.15) is 31.1 Å². The van der Waals surface area contributed by atoms with Crippen LogP contribution in [0.25, 0.3) is 0 Å². The lowest BCUT2D eigenvalue weighted by Gasteiger charge is -2.19. The third-order valence-corrected chi connectivity index (χ3v) is 4.20. The third kappa shape index (κ3) is 4.72. The normalized spacial score (nSPS) is 15.5. The molecule has 24 heavy (non-hydrogen) atoms. The van der Waals surface area contributed by atoms with Gasteiger partial charge >= 0.3 is 0 Å². The first-order chi connectivity index (χ1) is 11.2. The fraction of sp³-hybridized carbons (Fsp3) is 0.389. The van der Waals surface area contributed by atoms with E-state index in [-0.39, 0.29) is 35.2 Å². The lowest BCUT2D eigenvalue weighted by Crippen LogP contribution is -2.41. The van der Waals surface area contributed by atoms with E-state index in [9.17, 15) is 4.39 Å². The molecule has 0 bridgehead atoms. The zero-order chi connectivity index (χ0) is 16.1. The molecule has 1 aliphatic carbocycles. The predicted molar refractivity (Wildman–Crippen MR) is 104 cm³/mol. The van der Waals surface area contributed by atoms with Crippen molar-refractivity contribution in [3.05, 3.63) is 59.8 Å². The summed E-state index contributed by atoms with van der Waals surface area (Å²) in [6.07, 6.45) is 3.79. The molecule has 1 fully saturated rings. The maximum atomic E-state index is 13.5. The number of rotatable bonds is 6. The zero-order valence-electron chi connectivity index (χ0n) is 13.7. The van der Waals surface area contributed by atoms with E-state index in [0.29, 0.717) is 6.54 Å². The first-order valence-electron chi connectivity index (χ1n) is 8.02. The van der Waals surface area contributed by atoms with E-state index in [1.165, 1.54) is 6.07 Å². The van der Waals surface area contributed by atoms with Crippen molar-refractivity contribution in [2.24, 2.45) is 4.99 Å². The Kier molecular flexibility index (Phi) is 6.65. The molecular formula is C18H23FIN3O. The lowest BCUT2D eigenvalue weighted by molar-refractivity contribution is 0.511. The minimum atomic E-state index is -0.174. The monoisotopic (exact) mass is 443 g/mol. The third-order valence-electron chi connectivity index (χ3n) is 4.20. The Morgan fingerprint density at radius 2 is 2.08 bits per heavy atom. The molecule has 0 aliphatic heterocycles. The number of hydrogen-bond acceptors (Lipinski definition) is 2. The Morgan fingerprint density at radius 3 is 2.71 bits per heavy atom. The van der Waals surface area contributed by atoms with Crippen molar-refractivity contribution >= 4 is 29.9 Å². The first kappa shape index (κ1) is 18.8. The van der Waals surface area contributed by atoms with Crippen molar-refractivity contribution in [2.45, 2.75) is 31.7 Å². The minimum absolute atomic E-state index is 0. The van der Waals surface area contributed by atoms with Gasteiger partial charge < -0.3 is 15.1 Å². The second-order valence-electron chi connectivity index (χ2n) is 5.92. The highest BCUT2D eigenvalue weighted by molar-refractivity contribution is 14.0. The van der Waals surface area contributed by atoms with Crippen molar-refractivity contribution in [3.8, 4) is 0 Å². The molecule has 1 aliphatic rings. The molecule has 4 nitrogen and oxygen atoms in total. The van der Waals surface area contributed by atoms with Crippen LogP contribution < -0.4 is 10.6 Å². The number of guanidine groups is 1. The van der Waals surface area contributed by atoms with E-state index >= 15 is 0 Å². The number of furan rings is 1. The van der Waals surface area contributed by atoms with Crippen molar-refractivity contribution < 1.29 is 8.81 Å². The maximum Gasteiger partial charge on any atom is 0.191 e. The van der Waals surface area contributed by atoms with Crippen LogP contribution in [-0.4, -0.2) is 19.0 Å². The van der Waals surface area contributed by atoms with Gasteiger partial charge in [0.2, 0.25) is 0 Å². The molecule has 1 saturated carbocycles. The molecular weight excluding hydrogens is 420 g/mol. The molecule has 1 aromatic heterocycles. The number of hydrogen-bond donors (Lipinski definition) is 2. The van der Waals surface area contributed by atoms with Crippen LogP contribution in [0.5, 0.6) is 0 Å². The highest BCUT2D eigenvalue weighted by atomic mass is 127. The quantitative estimate of drug-likeness (QED) is 0.406. The fourth-order valence-corrected chi connectivity index (χ4v) is 2.69. The number of aliphatic imine (C=N–C) groups is 1. The average Bonchev–Trinajstić information content (AvgIpc) is 3.17. The summed E-state index contributed by atoms with van der Waals surface area (Å²) in [7, 11) is 0. The van der Waals surface area contributed by atoms with Gasteiger partial charge in [-0.25, -0.2) is 9.38 Å². The molecule has 0 spiro atoms. The molecule has 6 heteroatoms. The van der Waals surface area contributed by atoms with E-state index in [1.807, 2.05) is 25.1 Å². The minimum Gasteiger partial charge on any atom is -0.467 e. The summed E-state index contributed by atoms with van der Waals surface area (Å²) in [4.78, 5) is 4.52. The van der Waals surface area contributed by atoms with Gasteiger partial charge in [0.15, 0.2) is 5.96 Å². The number of halogens is 2. The van der Waals surface area contributed by atoms with Gasteiger partial charge in [-0.15, -0.1) is 24.0 Å². The van der Waals surface area contributed by atoms with Crippen LogP contribution in [-0.2, 0) is 12.0 Å². The average molecular weight is 443 g/mol. The summed E-state index contributed by atoms with van der Waals surface area (Å²) in [6.45, 7) is 4.07. The van der Waals surface area contributed by atoms with E-state index < -0.39 is 0 Å². The van der Waals surface area contributed by atoms with E-state index in [2.05, 4.69) is 15.6 Å². The molecule has 0 amide bonds. The summed E-state index contributed by atoms with van der Waals surface area (Å²) in [5.74, 6) is 1.41. The Hall–Kier alpha value is -1.57. The van der Waals surface area contributed by atoms with Crippen LogP contribution >= 0.6 is 24.0 Å². The summed E-state index contributed by atoms with van der Waals surface area (Å²) in [5.41, 5.74) is 1.09. The van der Waals surface area contributed by atoms with Crippen LogP contribution in [0.4, 0.5) is 4.39 Å². The Bertz CT molecular complexity index is 669. The van der Waals surface area contributed by atoms with E-state index in [0.717, 1.165) is 43.2 Å². The summed E-state index contributed by atoms with van der Waals surface area (Å²) < 4.78 is 18.8. The summed E-state index contributed by atoms with van der Waals surface area (Å²) >= 11 is 0. The number of nitrogens with zero attached hydrogens (tertiary/aromatic N) is 1. The molecule has 1 aromatic carbocycles. The largest absolute Gasteiger partial charge is 0.467 e. The van der Waals surface area contributed by atoms with Crippen LogP contribution in [0, 0.1) is 5.82 Å². The van der Waals surface area contributed by atoms with Gasteiger partial charge in [-0.2, -0.15) is 0 Å². The molecule has 2 aromatic rings. The van der Waals surface area contributed by atoms with Gasteiger partial charge in [0.1, 0.15) is 18.1 Å². The molecule has 2 N–H and O–H groups in total. The van der Waals surface area contributed by atoms with Gasteiger partial charge in [-0.05, 0) is 49.6 Å². The standard InChI is InChI=1S/C18H22FN3O.HI/c1-2-20-17(21-12-16-7-4-10-23-16)22-13-18(8-9-18)14-5-3-6-15(19)11-14;/h3-7,10-11H,2,8-9,12-13H2,1H3,(H2,20,21,22);1H. The second-order valence-corrected chi connectivity index (χ2v) is 5.92. The Balaban J connectivity index is 0.00000208. The van der Waals surface area contributed by atoms with Crippen molar-refractivity contribution in [2.75, 3.05) is 13.1 Å². The molecule has 1 heterocycles. The first-order valence-corrected chi connectivity index (χ1v) is 8.02. The summed E-state index contributed by atoms with van der Waals surface area (Å²) in [6, 6.07) is 10.7. The number of benzene rings is 1. The van der Waals surface area contributed by atoms with Gasteiger partial charge in [-0.1, -0.05) is 12.1 Å². The Morgan fingerprint density at radius 1 is 1.25 bits per heavy atom. The highest BCUT2D eigenvalue weighted by Gasteiger charge is 2.44. The zero-order valence-corrected chi connectivity index (χ0v) is 16.0. The smallest absolute Gasteiger partial charge is 0.191 e. The molecule has 0 unspecified atom stereocenters. The van der Waals surface area contributed by atoms with Crippen molar-refractivity contribution in [1.82, 2.24) is 10.6 Å². The SMILES string of the molecule is CCNC(=NCc1ccco1)NCC1(c2cccc(F)c2)CC1.I. The van der Waals surface area contributed by atoms with Gasteiger partial charge in [0, 0.05) is 18.5 Å². The molecule has 0 radical (unpaired) electrons. The van der Waals surface area contributed by atoms with Crippen molar-refractivity contribution in [3.63, 3.8) is 0 Å². The highest BCUT2D eigenvalue weighted by Crippen LogP contribution is 2.47. The number of nitrogens with one attached hydrogen (secondary N) is 2. The Labute approximate surface area is 159 Å². The molecule has 130 valence electrons. The van der Waals surface area contributed by atoms with Crippen molar-refractivity contribution in [1.29, 1.82) is 0 Å². The fourth-order valence-electron chi connectivity index (χ4n) is 2.69. The van der Waals surface area contributed by atoms with Crippen LogP contribution in [0.3, 0.4) is 0 Å². The maximum absolute atomic E-state index is 13.5. The molecule has 3 rings (SSSR count). The topological polar surface area (TPSA) is 49.6 Å². The molecule has 0 saturated heterocycles. The lowest BCUT2D eigenvalue weighted by atomic mass is 9.96. The van der Waals surface area contributed by atoms with E-state index in [4.69, 9.17) is 4.42 Å². The van der Waals surface area contributed by atoms with E-state index in [1.54, 1.807) is 18.4 Å². The summed E-state index contributed by atoms with van der Waals surface area (Å²) in [5, 5.41) is 6.61.